The van der Waals surface area contributed by atoms with E-state index in [1.54, 1.807) is 4.68 Å². The molecule has 6 heteroatoms. The third-order valence-corrected chi connectivity index (χ3v) is 1.68. The van der Waals surface area contributed by atoms with E-state index in [0.717, 1.165) is 5.69 Å². The molecule has 0 bridgehead atoms. The van der Waals surface area contributed by atoms with Crippen molar-refractivity contribution in [2.75, 3.05) is 13.1 Å². The number of hydrogen-bond acceptors (Lipinski definition) is 3. The number of hydrogen-bond donors (Lipinski definition) is 3. The molecule has 6 nitrogen and oxygen atoms in total. The number of amides is 2. The Morgan fingerprint density at radius 3 is 3.00 bits per heavy atom. The molecule has 0 unspecified atom stereocenters. The lowest BCUT2D eigenvalue weighted by atomic mass is 10.4. The molecule has 0 aliphatic rings. The molecular formula is C8H15N5O. The van der Waals surface area contributed by atoms with E-state index in [4.69, 9.17) is 5.73 Å². The van der Waals surface area contributed by atoms with Crippen LogP contribution in [0.3, 0.4) is 0 Å². The molecule has 14 heavy (non-hydrogen) atoms. The smallest absolute Gasteiger partial charge is 0.312 e. The van der Waals surface area contributed by atoms with E-state index < -0.39 is 6.03 Å². The number of nitrogens with one attached hydrogen (secondary N) is 2. The van der Waals surface area contributed by atoms with E-state index in [0.29, 0.717) is 19.6 Å². The molecule has 0 spiro atoms. The van der Waals surface area contributed by atoms with Crippen LogP contribution < -0.4 is 16.4 Å². The second kappa shape index (κ2) is 5.23. The molecule has 1 heterocycles. The number of carbonyl (C=O) groups excluding carboxylic acids is 1. The van der Waals surface area contributed by atoms with Crippen molar-refractivity contribution in [1.82, 2.24) is 20.4 Å². The van der Waals surface area contributed by atoms with Crippen LogP contribution in [0.2, 0.25) is 0 Å². The number of rotatable bonds is 5. The first kappa shape index (κ1) is 10.5. The van der Waals surface area contributed by atoms with Gasteiger partial charge >= 0.3 is 6.03 Å². The van der Waals surface area contributed by atoms with Gasteiger partial charge in [0.1, 0.15) is 0 Å². The van der Waals surface area contributed by atoms with Crippen LogP contribution in [0.1, 0.15) is 5.69 Å². The third kappa shape index (κ3) is 3.90. The minimum Gasteiger partial charge on any atom is -0.352 e. The summed E-state index contributed by atoms with van der Waals surface area (Å²) in [6.07, 6.45) is 1.89. The summed E-state index contributed by atoms with van der Waals surface area (Å²) >= 11 is 0. The number of urea groups is 1. The Balaban J connectivity index is 2.07. The Morgan fingerprint density at radius 2 is 2.43 bits per heavy atom. The average Bonchev–Trinajstić information content (AvgIpc) is 2.50. The van der Waals surface area contributed by atoms with E-state index in [1.165, 1.54) is 0 Å². The Kier molecular flexibility index (Phi) is 3.93. The van der Waals surface area contributed by atoms with Gasteiger partial charge in [-0.2, -0.15) is 5.10 Å². The maximum atomic E-state index is 10.3. The molecule has 0 radical (unpaired) electrons. The Bertz CT molecular complexity index is 296. The number of aromatic nitrogens is 2. The average molecular weight is 197 g/mol. The highest BCUT2D eigenvalue weighted by Gasteiger charge is 1.95. The first-order valence-corrected chi connectivity index (χ1v) is 4.41. The summed E-state index contributed by atoms with van der Waals surface area (Å²) in [5.41, 5.74) is 5.87. The Hall–Kier alpha value is -1.56. The molecule has 0 aliphatic carbocycles. The zero-order valence-corrected chi connectivity index (χ0v) is 8.16. The van der Waals surface area contributed by atoms with Crippen LogP contribution in [0.25, 0.3) is 0 Å². The van der Waals surface area contributed by atoms with Crippen LogP contribution in [-0.2, 0) is 13.6 Å². The van der Waals surface area contributed by atoms with Crippen molar-refractivity contribution in [3.05, 3.63) is 18.0 Å². The zero-order valence-electron chi connectivity index (χ0n) is 8.16. The van der Waals surface area contributed by atoms with E-state index >= 15 is 0 Å². The van der Waals surface area contributed by atoms with Crippen LogP contribution >= 0.6 is 0 Å². The fraction of sp³-hybridized carbons (Fsp3) is 0.500. The molecule has 1 rings (SSSR count). The Morgan fingerprint density at radius 1 is 1.64 bits per heavy atom. The molecule has 0 aliphatic heterocycles. The number of carbonyl (C=O) groups is 1. The maximum absolute atomic E-state index is 10.3. The largest absolute Gasteiger partial charge is 0.352 e. The summed E-state index contributed by atoms with van der Waals surface area (Å²) in [4.78, 5) is 10.3. The zero-order chi connectivity index (χ0) is 10.4. The normalized spacial score (nSPS) is 10.1. The third-order valence-electron chi connectivity index (χ3n) is 1.68. The predicted octanol–water partition coefficient (Wildman–Crippen LogP) is -0.822. The van der Waals surface area contributed by atoms with Crippen LogP contribution in [0, 0.1) is 0 Å². The molecule has 1 aromatic heterocycles. The van der Waals surface area contributed by atoms with Crippen LogP contribution in [0.5, 0.6) is 0 Å². The van der Waals surface area contributed by atoms with Crippen molar-refractivity contribution >= 4 is 6.03 Å². The van der Waals surface area contributed by atoms with Crippen LogP contribution in [-0.4, -0.2) is 28.9 Å². The second-order valence-electron chi connectivity index (χ2n) is 2.95. The van der Waals surface area contributed by atoms with E-state index in [9.17, 15) is 4.79 Å². The van der Waals surface area contributed by atoms with Crippen LogP contribution in [0.4, 0.5) is 4.79 Å². The summed E-state index contributed by atoms with van der Waals surface area (Å²) in [5.74, 6) is 0. The minimum absolute atomic E-state index is 0.496. The molecule has 0 atom stereocenters. The summed E-state index contributed by atoms with van der Waals surface area (Å²) in [7, 11) is 1.87. The van der Waals surface area contributed by atoms with Gasteiger partial charge in [0, 0.05) is 32.9 Å². The van der Waals surface area contributed by atoms with Gasteiger partial charge in [-0.05, 0) is 6.07 Å². The van der Waals surface area contributed by atoms with Crippen molar-refractivity contribution in [1.29, 1.82) is 0 Å². The first-order chi connectivity index (χ1) is 6.68. The number of nitrogens with two attached hydrogens (primary N) is 1. The molecule has 4 N–H and O–H groups in total. The summed E-state index contributed by atoms with van der Waals surface area (Å²) in [6, 6.07) is 1.44. The molecule has 0 fully saturated rings. The van der Waals surface area contributed by atoms with Gasteiger partial charge in [0.25, 0.3) is 0 Å². The monoisotopic (exact) mass is 197 g/mol. The first-order valence-electron chi connectivity index (χ1n) is 4.41. The predicted molar refractivity (Wildman–Crippen MR) is 52.5 cm³/mol. The number of aryl methyl sites for hydroxylation is 1. The SMILES string of the molecule is Cn1ccc(CNCCNC(N)=O)n1. The van der Waals surface area contributed by atoms with Crippen molar-refractivity contribution in [3.8, 4) is 0 Å². The van der Waals surface area contributed by atoms with Crippen molar-refractivity contribution in [3.63, 3.8) is 0 Å². The molecular weight excluding hydrogens is 182 g/mol. The lowest BCUT2D eigenvalue weighted by Crippen LogP contribution is -2.35. The highest BCUT2D eigenvalue weighted by Crippen LogP contribution is 1.91. The second-order valence-corrected chi connectivity index (χ2v) is 2.95. The van der Waals surface area contributed by atoms with Gasteiger partial charge < -0.3 is 16.4 Å². The summed E-state index contributed by atoms with van der Waals surface area (Å²) in [6.45, 7) is 1.91. The van der Waals surface area contributed by atoms with Gasteiger partial charge in [-0.1, -0.05) is 0 Å². The molecule has 78 valence electrons. The van der Waals surface area contributed by atoms with Gasteiger partial charge in [-0.25, -0.2) is 4.79 Å². The highest BCUT2D eigenvalue weighted by molar-refractivity contribution is 5.71. The molecule has 0 saturated carbocycles. The summed E-state index contributed by atoms with van der Waals surface area (Å²) < 4.78 is 1.75. The van der Waals surface area contributed by atoms with Gasteiger partial charge in [-0.3, -0.25) is 4.68 Å². The van der Waals surface area contributed by atoms with E-state index in [2.05, 4.69) is 15.7 Å². The van der Waals surface area contributed by atoms with Gasteiger partial charge in [-0.15, -0.1) is 0 Å². The minimum atomic E-state index is -0.496. The summed E-state index contributed by atoms with van der Waals surface area (Å²) in [5, 5.41) is 9.80. The molecule has 2 amide bonds. The lowest BCUT2D eigenvalue weighted by Gasteiger charge is -2.02. The van der Waals surface area contributed by atoms with E-state index in [1.807, 2.05) is 19.3 Å². The standard InChI is InChI=1S/C8H15N5O/c1-13-5-2-7(12-13)6-10-3-4-11-8(9)14/h2,5,10H,3-4,6H2,1H3,(H3,9,11,14). The molecule has 1 aromatic rings. The van der Waals surface area contributed by atoms with Crippen molar-refractivity contribution in [2.45, 2.75) is 6.54 Å². The highest BCUT2D eigenvalue weighted by atomic mass is 16.2. The number of primary amides is 1. The molecule has 0 saturated heterocycles. The van der Waals surface area contributed by atoms with Gasteiger partial charge in [0.15, 0.2) is 0 Å². The van der Waals surface area contributed by atoms with E-state index in [-0.39, 0.29) is 0 Å². The maximum Gasteiger partial charge on any atom is 0.312 e. The fourth-order valence-electron chi connectivity index (χ4n) is 1.05. The van der Waals surface area contributed by atoms with Gasteiger partial charge in [0.05, 0.1) is 5.69 Å². The number of nitrogens with zero attached hydrogens (tertiary/aromatic N) is 2. The topological polar surface area (TPSA) is 85.0 Å². The molecule has 0 aromatic carbocycles. The lowest BCUT2D eigenvalue weighted by molar-refractivity contribution is 0.249. The van der Waals surface area contributed by atoms with Gasteiger partial charge in [0.2, 0.25) is 0 Å². The van der Waals surface area contributed by atoms with Crippen LogP contribution in [0.15, 0.2) is 12.3 Å². The van der Waals surface area contributed by atoms with Crippen molar-refractivity contribution < 1.29 is 4.79 Å². The quantitative estimate of drug-likeness (QED) is 0.539. The fourth-order valence-corrected chi connectivity index (χ4v) is 1.05. The Labute approximate surface area is 82.5 Å². The van der Waals surface area contributed by atoms with Crippen molar-refractivity contribution in [2.24, 2.45) is 12.8 Å².